The van der Waals surface area contributed by atoms with Crippen molar-refractivity contribution in [1.82, 2.24) is 19.7 Å². The molecule has 117 heavy (non-hydrogen) atoms. The van der Waals surface area contributed by atoms with Gasteiger partial charge in [0.2, 0.25) is 0 Å². The number of methoxy groups -OCH3 is 1. The minimum absolute atomic E-state index is 0.00598. The van der Waals surface area contributed by atoms with Crippen molar-refractivity contribution in [2.75, 3.05) is 125 Å². The van der Waals surface area contributed by atoms with E-state index in [4.69, 9.17) is 68.7 Å². The number of nitrogens with two attached hydrogens (primary N) is 2. The van der Waals surface area contributed by atoms with Crippen LogP contribution in [-0.4, -0.2) is 181 Å². The van der Waals surface area contributed by atoms with E-state index in [-0.39, 0.29) is 35.9 Å². The second kappa shape index (κ2) is 55.0. The number of hydrogen-bond donors (Lipinski definition) is 2. The topological polar surface area (TPSA) is 244 Å². The summed E-state index contributed by atoms with van der Waals surface area (Å²) in [7, 11) is 1.73. The van der Waals surface area contributed by atoms with Crippen LogP contribution >= 0.6 is 0 Å². The Hall–Kier alpha value is -6.14. The fraction of sp³-hybridized carbons (Fsp3) is 0.691. The van der Waals surface area contributed by atoms with Gasteiger partial charge in [-0.1, -0.05) is 167 Å². The molecule has 654 valence electrons. The van der Waals surface area contributed by atoms with Gasteiger partial charge in [-0.2, -0.15) is 5.10 Å². The lowest BCUT2D eigenvalue weighted by molar-refractivity contribution is -0.123. The Balaban J connectivity index is 0.608. The Bertz CT molecular complexity index is 3670. The number of rotatable bonds is 63. The fourth-order valence-corrected chi connectivity index (χ4v) is 16.0. The van der Waals surface area contributed by atoms with Crippen molar-refractivity contribution in [1.29, 1.82) is 0 Å². The number of aryl methyl sites for hydroxylation is 2. The van der Waals surface area contributed by atoms with Crippen molar-refractivity contribution in [2.45, 2.75) is 262 Å². The van der Waals surface area contributed by atoms with Gasteiger partial charge in [-0.25, -0.2) is 19.6 Å². The Kier molecular flexibility index (Phi) is 46.1. The summed E-state index contributed by atoms with van der Waals surface area (Å²) in [6, 6.07) is 13.0. The van der Waals surface area contributed by atoms with Gasteiger partial charge in [0.15, 0.2) is 11.4 Å². The van der Waals surface area contributed by atoms with Gasteiger partial charge in [-0.15, -0.1) is 0 Å². The number of nitrogen functional groups attached to an aromatic ring is 1. The molecule has 7 rings (SSSR count). The molecular weight excluding hydrogens is 1470 g/mol. The minimum Gasteiger partial charge on any atom is -0.387 e. The van der Waals surface area contributed by atoms with Gasteiger partial charge in [0, 0.05) is 63.2 Å². The van der Waals surface area contributed by atoms with E-state index in [1.54, 1.807) is 14.0 Å². The summed E-state index contributed by atoms with van der Waals surface area (Å²) in [5, 5.41) is 5.82. The first kappa shape index (κ1) is 98.0. The van der Waals surface area contributed by atoms with Crippen LogP contribution < -0.4 is 11.5 Å². The Labute approximate surface area is 704 Å². The molecule has 2 aliphatic carbocycles. The molecule has 0 amide bonds. The number of hydrogen-bond acceptors (Lipinski definition) is 18. The maximum Gasteiger partial charge on any atom is 0.164 e. The maximum absolute atomic E-state index is 13.7. The van der Waals surface area contributed by atoms with Crippen LogP contribution in [0.3, 0.4) is 0 Å². The number of anilines is 1. The zero-order valence-electron chi connectivity index (χ0n) is 74.4. The highest BCUT2D eigenvalue weighted by Crippen LogP contribution is 2.45. The van der Waals surface area contributed by atoms with Gasteiger partial charge in [-0.3, -0.25) is 9.59 Å². The van der Waals surface area contributed by atoms with Crippen LogP contribution in [0, 0.1) is 59.7 Å². The third-order valence-corrected chi connectivity index (χ3v) is 24.2. The van der Waals surface area contributed by atoms with Crippen LogP contribution in [0.4, 0.5) is 11.5 Å². The number of unbranched alkanes of at least 4 members (excludes halogenated alkanes) is 2. The van der Waals surface area contributed by atoms with Gasteiger partial charge in [0.1, 0.15) is 23.6 Å². The molecule has 3 fully saturated rings. The maximum atomic E-state index is 13.7. The summed E-state index contributed by atoms with van der Waals surface area (Å²) < 4.78 is 66.5. The van der Waals surface area contributed by atoms with Gasteiger partial charge in [-0.05, 0) is 205 Å². The molecule has 2 aromatic carbocycles. The first-order valence-corrected chi connectivity index (χ1v) is 44.9. The van der Waals surface area contributed by atoms with E-state index in [0.717, 1.165) is 117 Å². The number of ether oxygens (including phenoxy) is 11. The van der Waals surface area contributed by atoms with E-state index in [2.05, 4.69) is 126 Å². The summed E-state index contributed by atoms with van der Waals surface area (Å²) in [5.41, 5.74) is 23.1. The number of aromatic nitrogens is 4. The van der Waals surface area contributed by atoms with Crippen molar-refractivity contribution in [2.24, 2.45) is 63.5 Å². The number of fused-ring (bicyclic) bond motifs is 1. The normalized spacial score (nSPS) is 20.2. The Morgan fingerprint density at radius 1 is 0.701 bits per heavy atom. The van der Waals surface area contributed by atoms with Crippen molar-refractivity contribution < 1.29 is 61.7 Å². The number of Topliss-reactive ketones (excluding diaryl/α,β-unsaturated/α-hetero) is 2. The summed E-state index contributed by atoms with van der Waals surface area (Å²) in [6.07, 6.45) is 40.5. The molecule has 10 atom stereocenters. The molecule has 1 saturated heterocycles. The van der Waals surface area contributed by atoms with E-state index in [1.165, 1.54) is 74.4 Å². The second-order valence-electron chi connectivity index (χ2n) is 34.5. The standard InChI is InChI=1S/C97H153N7O13/c1-15-70(3)63-83-34-32-80(68-104-96-92(95(99)100-69-101-96)93(103-104)84-33-30-74(7)89(65-84)102-91(98)16-2)64-82(83)26-21-22-44-108-47-50-111-53-54-112-51-48-109-45-23-24-46-110-49-52-113-55-56-114-57-58-115-59-60-116-85-39-42-97(13,43-40-85)41-38-71(4)28-29-73(6)61-76(9)88(81-35-36-81)67-90(106)77(10)62-72(5)25-19-17-18-20-27-86(107-14)66-87-37-31-75(8)94(117-87)78(11)79(12)105/h17-20,25,27,30,32-34,61,64-65,69-73,75,77,81,85-88,94H,11,15-16,21-24,26,28-29,31,35-60,62-63,66-68H2,1-10,12-14H3,(H2,98,102)(H2,99,100,101)/b18-17+,25-19+,27-20+,76-61+/t70?,71?,72?,73?,75-,77?,85?,86?,87+,88?,94?,97?/m1/s1. The number of allylic oxidation sites excluding steroid dienone is 7. The zero-order valence-corrected chi connectivity index (χ0v) is 74.4. The molecule has 1 aliphatic heterocycles. The number of benzene rings is 2. The van der Waals surface area contributed by atoms with Crippen LogP contribution in [0.25, 0.3) is 22.3 Å². The lowest BCUT2D eigenvalue weighted by Gasteiger charge is -2.38. The minimum atomic E-state index is -0.223. The molecule has 20 nitrogen and oxygen atoms in total. The summed E-state index contributed by atoms with van der Waals surface area (Å²) >= 11 is 0. The third kappa shape index (κ3) is 37.0. The molecular formula is C97H153N7O13. The molecule has 3 aliphatic rings. The molecule has 0 bridgehead atoms. The largest absolute Gasteiger partial charge is 0.387 e. The van der Waals surface area contributed by atoms with Crippen LogP contribution in [0.1, 0.15) is 233 Å². The molecule has 8 unspecified atom stereocenters. The van der Waals surface area contributed by atoms with Crippen molar-refractivity contribution in [3.8, 4) is 11.3 Å². The number of carbonyl (C=O) groups excluding carboxylic acids is 2. The van der Waals surface area contributed by atoms with E-state index in [0.29, 0.717) is 207 Å². The summed E-state index contributed by atoms with van der Waals surface area (Å²) in [5.74, 6) is 4.80. The Morgan fingerprint density at radius 3 is 1.91 bits per heavy atom. The fourth-order valence-electron chi connectivity index (χ4n) is 16.0. The van der Waals surface area contributed by atoms with E-state index in [9.17, 15) is 9.59 Å². The number of aliphatic imine (C=N–C) groups is 1. The van der Waals surface area contributed by atoms with Crippen molar-refractivity contribution in [3.05, 3.63) is 125 Å². The van der Waals surface area contributed by atoms with Gasteiger partial charge < -0.3 is 63.6 Å². The number of ketones is 2. The lowest BCUT2D eigenvalue weighted by atomic mass is 9.71. The van der Waals surface area contributed by atoms with E-state index >= 15 is 0 Å². The third-order valence-electron chi connectivity index (χ3n) is 24.2. The smallest absolute Gasteiger partial charge is 0.164 e. The molecule has 4 N–H and O–H groups in total. The van der Waals surface area contributed by atoms with Crippen LogP contribution in [0.5, 0.6) is 0 Å². The average Bonchev–Trinajstić information content (AvgIpc) is 1.62. The van der Waals surface area contributed by atoms with E-state index < -0.39 is 0 Å². The van der Waals surface area contributed by atoms with E-state index in [1.807, 2.05) is 55.0 Å². The molecule has 3 heterocycles. The van der Waals surface area contributed by atoms with Crippen LogP contribution in [-0.2, 0) is 81.1 Å². The lowest BCUT2D eigenvalue weighted by Crippen LogP contribution is -2.38. The molecule has 2 aromatic heterocycles. The quantitative estimate of drug-likeness (QED) is 0.0104. The number of nitrogens with zero attached hydrogens (tertiary/aromatic N) is 5. The second-order valence-corrected chi connectivity index (χ2v) is 34.5. The molecule has 4 aromatic rings. The Morgan fingerprint density at radius 2 is 1.31 bits per heavy atom. The zero-order chi connectivity index (χ0) is 84.2. The van der Waals surface area contributed by atoms with Crippen LogP contribution in [0.2, 0.25) is 0 Å². The molecule has 2 saturated carbocycles. The molecule has 20 heteroatoms. The highest BCUT2D eigenvalue weighted by molar-refractivity contribution is 5.99. The SMILES string of the molecule is C=C(C(C)=O)C1O[C@H](CC(/C=C/C=C/C=C/C(C)CC(C)C(=O)CC(/C(C)=C/C(C)CCC(C)CCC2(C)CCC(OCCOCCOCCOCCOCCCCOCCOCCOCCOCCCCc3cc(Cn4nc(-c5ccc(C)c(N=C(N)CC)c5)c5c(N)ncnc54)ccc3CC(C)CC)CC2)C2CC2)OC)CC[C@H]1C. The number of amidine groups is 1. The highest BCUT2D eigenvalue weighted by Gasteiger charge is 2.36. The van der Waals surface area contributed by atoms with Crippen molar-refractivity contribution in [3.63, 3.8) is 0 Å². The van der Waals surface area contributed by atoms with Crippen molar-refractivity contribution >= 4 is 39.9 Å². The van der Waals surface area contributed by atoms with Gasteiger partial charge in [0.05, 0.1) is 140 Å². The molecule has 0 radical (unpaired) electrons. The predicted molar refractivity (Wildman–Crippen MR) is 474 cm³/mol. The van der Waals surface area contributed by atoms with Gasteiger partial charge in [0.25, 0.3) is 0 Å². The monoisotopic (exact) mass is 1620 g/mol. The van der Waals surface area contributed by atoms with Gasteiger partial charge >= 0.3 is 0 Å². The highest BCUT2D eigenvalue weighted by atomic mass is 16.6. The predicted octanol–water partition coefficient (Wildman–Crippen LogP) is 19.4. The first-order chi connectivity index (χ1) is 56.6. The van der Waals surface area contributed by atoms with Crippen LogP contribution in [0.15, 0.2) is 108 Å². The summed E-state index contributed by atoms with van der Waals surface area (Å²) in [4.78, 5) is 39.4. The first-order valence-electron chi connectivity index (χ1n) is 44.9. The summed E-state index contributed by atoms with van der Waals surface area (Å²) in [6.45, 7) is 40.5. The number of carbonyl (C=O) groups is 2. The average molecular weight is 1630 g/mol. The molecule has 0 spiro atoms.